The van der Waals surface area contributed by atoms with Gasteiger partial charge in [0.2, 0.25) is 0 Å². The summed E-state index contributed by atoms with van der Waals surface area (Å²) >= 11 is 1.66. The van der Waals surface area contributed by atoms with Gasteiger partial charge in [0.15, 0.2) is 0 Å². The Balaban J connectivity index is 1.79. The fraction of sp³-hybridized carbons (Fsp3) is 0.286. The number of nitrogens with zero attached hydrogens (tertiary/aromatic N) is 1. The second-order valence-corrected chi connectivity index (χ2v) is 5.11. The third-order valence-corrected chi connectivity index (χ3v) is 3.58. The predicted octanol–water partition coefficient (Wildman–Crippen LogP) is 3.16. The summed E-state index contributed by atoms with van der Waals surface area (Å²) in [6.07, 6.45) is 1.75. The molecule has 0 unspecified atom stereocenters. The van der Waals surface area contributed by atoms with Gasteiger partial charge in [-0.2, -0.15) is 0 Å². The van der Waals surface area contributed by atoms with Crippen LogP contribution in [0.5, 0.6) is 5.75 Å². The van der Waals surface area contributed by atoms with Crippen LogP contribution in [-0.4, -0.2) is 22.7 Å². The molecule has 4 nitrogen and oxygen atoms in total. The van der Waals surface area contributed by atoms with Gasteiger partial charge in [-0.1, -0.05) is 6.07 Å². The molecule has 5 heteroatoms. The Morgan fingerprint density at radius 1 is 1.47 bits per heavy atom. The molecular formula is C14H15NO3S. The van der Waals surface area contributed by atoms with Crippen LogP contribution in [0.15, 0.2) is 29.6 Å². The van der Waals surface area contributed by atoms with Gasteiger partial charge in [-0.05, 0) is 31.5 Å². The Hall–Kier alpha value is -1.88. The molecule has 1 aromatic heterocycles. The first-order valence-corrected chi connectivity index (χ1v) is 6.90. The Bertz CT molecular complexity index is 565. The highest BCUT2D eigenvalue weighted by atomic mass is 32.1. The molecule has 1 heterocycles. The Morgan fingerprint density at radius 2 is 2.32 bits per heavy atom. The summed E-state index contributed by atoms with van der Waals surface area (Å²) in [5.74, 6) is -0.348. The SMILES string of the molecule is Cc1csc(CCCOc2cccc(C(=O)O)c2)n1. The molecule has 100 valence electrons. The number of rotatable bonds is 6. The monoisotopic (exact) mass is 277 g/mol. The molecule has 0 spiro atoms. The van der Waals surface area contributed by atoms with E-state index in [1.165, 1.54) is 6.07 Å². The number of aromatic carboxylic acids is 1. The molecule has 0 aliphatic rings. The molecule has 0 saturated carbocycles. The van der Waals surface area contributed by atoms with Crippen LogP contribution in [0, 0.1) is 6.92 Å². The fourth-order valence-corrected chi connectivity index (χ4v) is 2.47. The molecule has 0 saturated heterocycles. The van der Waals surface area contributed by atoms with Crippen LogP contribution in [-0.2, 0) is 6.42 Å². The minimum absolute atomic E-state index is 0.244. The normalized spacial score (nSPS) is 10.4. The van der Waals surface area contributed by atoms with Crippen molar-refractivity contribution < 1.29 is 14.6 Å². The molecule has 0 fully saturated rings. The number of benzene rings is 1. The number of carbonyl (C=O) groups is 1. The third-order valence-electron chi connectivity index (χ3n) is 2.55. The van der Waals surface area contributed by atoms with Gasteiger partial charge in [0.25, 0.3) is 0 Å². The summed E-state index contributed by atoms with van der Waals surface area (Å²) in [6, 6.07) is 6.53. The van der Waals surface area contributed by atoms with E-state index < -0.39 is 5.97 Å². The number of aromatic nitrogens is 1. The summed E-state index contributed by atoms with van der Waals surface area (Å²) < 4.78 is 5.54. The quantitative estimate of drug-likeness (QED) is 0.824. The second kappa shape index (κ2) is 6.33. The molecule has 0 aliphatic carbocycles. The first-order chi connectivity index (χ1) is 9.15. The van der Waals surface area contributed by atoms with Crippen molar-refractivity contribution in [2.45, 2.75) is 19.8 Å². The van der Waals surface area contributed by atoms with Gasteiger partial charge in [-0.3, -0.25) is 0 Å². The summed E-state index contributed by atoms with van der Waals surface area (Å²) in [7, 11) is 0. The summed E-state index contributed by atoms with van der Waals surface area (Å²) in [6.45, 7) is 2.54. The van der Waals surface area contributed by atoms with Crippen molar-refractivity contribution in [1.82, 2.24) is 4.98 Å². The lowest BCUT2D eigenvalue weighted by Gasteiger charge is -2.05. The van der Waals surface area contributed by atoms with Crippen LogP contribution in [0.2, 0.25) is 0 Å². The van der Waals surface area contributed by atoms with Crippen LogP contribution >= 0.6 is 11.3 Å². The third kappa shape index (κ3) is 4.06. The smallest absolute Gasteiger partial charge is 0.335 e. The Labute approximate surface area is 115 Å². The van der Waals surface area contributed by atoms with E-state index in [1.807, 2.05) is 12.3 Å². The van der Waals surface area contributed by atoms with Crippen LogP contribution in [0.4, 0.5) is 0 Å². The molecule has 0 atom stereocenters. The van der Waals surface area contributed by atoms with Gasteiger partial charge in [-0.15, -0.1) is 11.3 Å². The molecule has 1 N–H and O–H groups in total. The summed E-state index contributed by atoms with van der Waals surface area (Å²) in [5, 5.41) is 12.0. The molecule has 19 heavy (non-hydrogen) atoms. The van der Waals surface area contributed by atoms with Crippen molar-refractivity contribution in [3.8, 4) is 5.75 Å². The zero-order valence-electron chi connectivity index (χ0n) is 10.6. The maximum absolute atomic E-state index is 10.8. The standard InChI is InChI=1S/C14H15NO3S/c1-10-9-19-13(15-10)6-3-7-18-12-5-2-4-11(8-12)14(16)17/h2,4-5,8-9H,3,6-7H2,1H3,(H,16,17). The lowest BCUT2D eigenvalue weighted by molar-refractivity contribution is 0.0696. The average Bonchev–Trinajstić information content (AvgIpc) is 2.81. The van der Waals surface area contributed by atoms with Gasteiger partial charge in [0, 0.05) is 17.5 Å². The van der Waals surface area contributed by atoms with Crippen LogP contribution in [0.25, 0.3) is 0 Å². The van der Waals surface area contributed by atoms with Crippen molar-refractivity contribution in [1.29, 1.82) is 0 Å². The van der Waals surface area contributed by atoms with E-state index in [0.717, 1.165) is 23.5 Å². The zero-order valence-corrected chi connectivity index (χ0v) is 11.4. The van der Waals surface area contributed by atoms with Crippen molar-refractivity contribution in [3.63, 3.8) is 0 Å². The number of carboxylic acids is 1. The minimum Gasteiger partial charge on any atom is -0.494 e. The van der Waals surface area contributed by atoms with Crippen LogP contribution in [0.3, 0.4) is 0 Å². The molecule has 0 amide bonds. The lowest BCUT2D eigenvalue weighted by Crippen LogP contribution is -2.01. The van der Waals surface area contributed by atoms with E-state index >= 15 is 0 Å². The van der Waals surface area contributed by atoms with E-state index in [-0.39, 0.29) is 5.56 Å². The maximum Gasteiger partial charge on any atom is 0.335 e. The first-order valence-electron chi connectivity index (χ1n) is 6.02. The van der Waals surface area contributed by atoms with Crippen molar-refractivity contribution in [2.75, 3.05) is 6.61 Å². The summed E-state index contributed by atoms with van der Waals surface area (Å²) in [5.41, 5.74) is 1.29. The highest BCUT2D eigenvalue weighted by molar-refractivity contribution is 7.09. The van der Waals surface area contributed by atoms with Gasteiger partial charge in [-0.25, -0.2) is 9.78 Å². The maximum atomic E-state index is 10.8. The number of ether oxygens (including phenoxy) is 1. The number of carboxylic acid groups (broad SMARTS) is 1. The van der Waals surface area contributed by atoms with E-state index in [4.69, 9.17) is 9.84 Å². The van der Waals surface area contributed by atoms with E-state index in [0.29, 0.717) is 12.4 Å². The minimum atomic E-state index is -0.941. The molecule has 2 aromatic rings. The average molecular weight is 277 g/mol. The highest BCUT2D eigenvalue weighted by Crippen LogP contribution is 2.15. The van der Waals surface area contributed by atoms with Gasteiger partial charge in [0.1, 0.15) is 5.75 Å². The highest BCUT2D eigenvalue weighted by Gasteiger charge is 2.04. The zero-order chi connectivity index (χ0) is 13.7. The largest absolute Gasteiger partial charge is 0.494 e. The number of aryl methyl sites for hydroxylation is 2. The molecule has 1 aromatic carbocycles. The lowest BCUT2D eigenvalue weighted by atomic mass is 10.2. The molecule has 0 bridgehead atoms. The summed E-state index contributed by atoms with van der Waals surface area (Å²) in [4.78, 5) is 15.2. The van der Waals surface area contributed by atoms with Crippen LogP contribution < -0.4 is 4.74 Å². The fourth-order valence-electron chi connectivity index (χ4n) is 1.65. The van der Waals surface area contributed by atoms with Crippen molar-refractivity contribution >= 4 is 17.3 Å². The molecule has 0 aliphatic heterocycles. The van der Waals surface area contributed by atoms with Crippen molar-refractivity contribution in [2.24, 2.45) is 0 Å². The van der Waals surface area contributed by atoms with Gasteiger partial charge < -0.3 is 9.84 Å². The molecular weight excluding hydrogens is 262 g/mol. The Kier molecular flexibility index (Phi) is 4.52. The number of hydrogen-bond acceptors (Lipinski definition) is 4. The number of thiazole rings is 1. The molecule has 2 rings (SSSR count). The van der Waals surface area contributed by atoms with Gasteiger partial charge in [0.05, 0.1) is 17.2 Å². The molecule has 0 radical (unpaired) electrons. The Morgan fingerprint density at radius 3 is 3.00 bits per heavy atom. The van der Waals surface area contributed by atoms with E-state index in [2.05, 4.69) is 4.98 Å². The van der Waals surface area contributed by atoms with E-state index in [1.54, 1.807) is 29.5 Å². The van der Waals surface area contributed by atoms with Crippen LogP contribution in [0.1, 0.15) is 27.5 Å². The topological polar surface area (TPSA) is 59.4 Å². The predicted molar refractivity (Wildman–Crippen MR) is 74.1 cm³/mol. The second-order valence-electron chi connectivity index (χ2n) is 4.17. The van der Waals surface area contributed by atoms with Crippen molar-refractivity contribution in [3.05, 3.63) is 45.9 Å². The number of hydrogen-bond donors (Lipinski definition) is 1. The first kappa shape index (κ1) is 13.5. The van der Waals surface area contributed by atoms with Gasteiger partial charge >= 0.3 is 5.97 Å². The van der Waals surface area contributed by atoms with E-state index in [9.17, 15) is 4.79 Å².